The molecular weight excluding hydrogens is 511 g/mol. The number of anilines is 2. The third kappa shape index (κ3) is 7.28. The number of allylic oxidation sites excluding steroid dienone is 1. The molecule has 0 aromatic heterocycles. The first-order chi connectivity index (χ1) is 18.7. The van der Waals surface area contributed by atoms with Crippen LogP contribution in [0.4, 0.5) is 29.3 Å². The number of fused-ring (bicyclic) bond motifs is 1. The number of ether oxygens (including phenoxy) is 2. The number of hydrogen-bond donors (Lipinski definition) is 3. The van der Waals surface area contributed by atoms with Crippen molar-refractivity contribution < 1.29 is 27.4 Å². The second-order valence-electron chi connectivity index (χ2n) is 8.78. The molecule has 0 atom stereocenters. The molecule has 0 heterocycles. The number of nitrogens with one attached hydrogen (secondary N) is 3. The Balaban J connectivity index is 1.51. The Bertz CT molecular complexity index is 1430. The average Bonchev–Trinajstić information content (AvgIpc) is 3.73. The summed E-state index contributed by atoms with van der Waals surface area (Å²) in [7, 11) is 1.31. The molecule has 3 aromatic rings. The quantitative estimate of drug-likeness (QED) is 0.222. The number of benzene rings is 3. The molecule has 11 heteroatoms. The molecule has 1 aliphatic rings. The van der Waals surface area contributed by atoms with Crippen molar-refractivity contribution in [2.45, 2.75) is 32.0 Å². The van der Waals surface area contributed by atoms with E-state index in [-0.39, 0.29) is 18.2 Å². The minimum Gasteiger partial charge on any atom is -0.495 e. The molecule has 3 aromatic carbocycles. The van der Waals surface area contributed by atoms with Crippen LogP contribution in [0.15, 0.2) is 77.2 Å². The van der Waals surface area contributed by atoms with Crippen LogP contribution >= 0.6 is 0 Å². The van der Waals surface area contributed by atoms with Crippen LogP contribution in [0.25, 0.3) is 10.8 Å². The highest BCUT2D eigenvalue weighted by atomic mass is 19.4. The predicted molar refractivity (Wildman–Crippen MR) is 147 cm³/mol. The van der Waals surface area contributed by atoms with E-state index in [0.717, 1.165) is 36.8 Å². The van der Waals surface area contributed by atoms with Crippen LogP contribution in [-0.4, -0.2) is 37.6 Å². The fourth-order valence-corrected chi connectivity index (χ4v) is 3.66. The van der Waals surface area contributed by atoms with Crippen molar-refractivity contribution in [2.75, 3.05) is 24.5 Å². The fourth-order valence-electron chi connectivity index (χ4n) is 3.66. The van der Waals surface area contributed by atoms with E-state index < -0.39 is 17.8 Å². The summed E-state index contributed by atoms with van der Waals surface area (Å²) in [6.45, 7) is 5.55. The Morgan fingerprint density at radius 3 is 2.41 bits per heavy atom. The highest BCUT2D eigenvalue weighted by Gasteiger charge is 2.31. The SMILES string of the molecule is C=CC(C)=NC(=NCOc1ccc(NC(=O)Nc2cc(C(F)(F)F)ccc2OC)c2ccccc12)NC1CC1. The van der Waals surface area contributed by atoms with Gasteiger partial charge in [0.25, 0.3) is 0 Å². The molecule has 3 N–H and O–H groups in total. The number of aliphatic imine (C=N–C) groups is 2. The first-order valence-electron chi connectivity index (χ1n) is 12.1. The molecule has 0 radical (unpaired) electrons. The molecule has 0 aliphatic heterocycles. The van der Waals surface area contributed by atoms with Gasteiger partial charge in [0.1, 0.15) is 11.5 Å². The van der Waals surface area contributed by atoms with Crippen LogP contribution in [0.2, 0.25) is 0 Å². The second-order valence-corrected chi connectivity index (χ2v) is 8.78. The Labute approximate surface area is 223 Å². The second kappa shape index (κ2) is 11.9. The molecule has 39 heavy (non-hydrogen) atoms. The summed E-state index contributed by atoms with van der Waals surface area (Å²) in [5, 5.41) is 9.77. The number of rotatable bonds is 8. The van der Waals surface area contributed by atoms with Gasteiger partial charge in [-0.15, -0.1) is 0 Å². The zero-order chi connectivity index (χ0) is 28.0. The van der Waals surface area contributed by atoms with Crippen LogP contribution in [0.3, 0.4) is 0 Å². The molecule has 0 saturated heterocycles. The van der Waals surface area contributed by atoms with E-state index in [0.29, 0.717) is 34.2 Å². The number of nitrogens with zero attached hydrogens (tertiary/aromatic N) is 2. The van der Waals surface area contributed by atoms with E-state index >= 15 is 0 Å². The standard InChI is InChI=1S/C28H28F3N5O3/c1-4-17(2)33-26(34-19-10-11-19)32-16-39-24-14-12-22(20-7-5-6-8-21(20)24)35-27(37)36-23-15-18(28(29,30)31)9-13-25(23)38-3/h4-9,12-15,19H,1,10-11,16H2,2-3H3,(H,32,34)(H2,35,36,37). The number of guanidine groups is 1. The van der Waals surface area contributed by atoms with Gasteiger partial charge in [0.2, 0.25) is 5.96 Å². The topological polar surface area (TPSA) is 96.3 Å². The third-order valence-electron chi connectivity index (χ3n) is 5.83. The van der Waals surface area contributed by atoms with Crippen LogP contribution in [0, 0.1) is 0 Å². The minimum absolute atomic E-state index is 0.00950. The van der Waals surface area contributed by atoms with Gasteiger partial charge in [-0.3, -0.25) is 0 Å². The van der Waals surface area contributed by atoms with Gasteiger partial charge >= 0.3 is 12.2 Å². The molecule has 0 spiro atoms. The summed E-state index contributed by atoms with van der Waals surface area (Å²) in [6, 6.07) is 13.1. The number of urea groups is 1. The number of carbonyl (C=O) groups excluding carboxylic acids is 1. The Hall–Kier alpha value is -4.54. The van der Waals surface area contributed by atoms with Gasteiger partial charge in [-0.25, -0.2) is 14.8 Å². The van der Waals surface area contributed by atoms with Gasteiger partial charge < -0.3 is 25.4 Å². The van der Waals surface area contributed by atoms with Gasteiger partial charge in [-0.2, -0.15) is 13.2 Å². The summed E-state index contributed by atoms with van der Waals surface area (Å²) in [5.41, 5.74) is 0.141. The highest BCUT2D eigenvalue weighted by Crippen LogP contribution is 2.36. The monoisotopic (exact) mass is 539 g/mol. The molecular formula is C28H28F3N5O3. The molecule has 0 bridgehead atoms. The maximum Gasteiger partial charge on any atom is 0.416 e. The van der Waals surface area contributed by atoms with E-state index in [1.165, 1.54) is 7.11 Å². The van der Waals surface area contributed by atoms with Gasteiger partial charge in [0.05, 0.1) is 24.0 Å². The molecule has 1 saturated carbocycles. The normalized spacial score (nSPS) is 14.1. The van der Waals surface area contributed by atoms with Crippen molar-refractivity contribution in [3.05, 3.63) is 72.8 Å². The van der Waals surface area contributed by atoms with E-state index in [2.05, 4.69) is 32.5 Å². The molecule has 1 fully saturated rings. The lowest BCUT2D eigenvalue weighted by Crippen LogP contribution is -2.25. The molecule has 8 nitrogen and oxygen atoms in total. The van der Waals surface area contributed by atoms with E-state index in [1.54, 1.807) is 30.3 Å². The van der Waals surface area contributed by atoms with Crippen LogP contribution in [0.5, 0.6) is 11.5 Å². The van der Waals surface area contributed by atoms with E-state index in [1.807, 2.05) is 19.1 Å². The third-order valence-corrected chi connectivity index (χ3v) is 5.83. The van der Waals surface area contributed by atoms with Gasteiger partial charge in [0, 0.05) is 22.5 Å². The van der Waals surface area contributed by atoms with Crippen LogP contribution in [-0.2, 0) is 6.18 Å². The molecule has 1 aliphatic carbocycles. The summed E-state index contributed by atoms with van der Waals surface area (Å²) < 4.78 is 50.5. The molecule has 4 rings (SSSR count). The number of amides is 2. The first kappa shape index (κ1) is 27.5. The Morgan fingerprint density at radius 1 is 1.05 bits per heavy atom. The number of hydrogen-bond acceptors (Lipinski definition) is 4. The lowest BCUT2D eigenvalue weighted by atomic mass is 10.1. The molecule has 0 unspecified atom stereocenters. The zero-order valence-corrected chi connectivity index (χ0v) is 21.4. The van der Waals surface area contributed by atoms with Crippen molar-refractivity contribution in [3.8, 4) is 11.5 Å². The number of methoxy groups -OCH3 is 1. The smallest absolute Gasteiger partial charge is 0.416 e. The van der Waals surface area contributed by atoms with Crippen LogP contribution in [0.1, 0.15) is 25.3 Å². The maximum atomic E-state index is 13.2. The van der Waals surface area contributed by atoms with Crippen molar-refractivity contribution in [3.63, 3.8) is 0 Å². The number of halogens is 3. The maximum absolute atomic E-state index is 13.2. The zero-order valence-electron chi connectivity index (χ0n) is 21.4. The Morgan fingerprint density at radius 2 is 1.74 bits per heavy atom. The van der Waals surface area contributed by atoms with Crippen molar-refractivity contribution in [1.29, 1.82) is 0 Å². The van der Waals surface area contributed by atoms with Crippen molar-refractivity contribution in [2.24, 2.45) is 9.98 Å². The first-order valence-corrected chi connectivity index (χ1v) is 12.1. The van der Waals surface area contributed by atoms with Gasteiger partial charge in [-0.1, -0.05) is 30.8 Å². The van der Waals surface area contributed by atoms with Gasteiger partial charge in [0.15, 0.2) is 6.73 Å². The van der Waals surface area contributed by atoms with Crippen molar-refractivity contribution in [1.82, 2.24) is 5.32 Å². The van der Waals surface area contributed by atoms with Crippen LogP contribution < -0.4 is 25.4 Å². The molecule has 2 amide bonds. The lowest BCUT2D eigenvalue weighted by Gasteiger charge is -2.16. The van der Waals surface area contributed by atoms with Gasteiger partial charge in [-0.05, 0) is 56.2 Å². The predicted octanol–water partition coefficient (Wildman–Crippen LogP) is 6.60. The minimum atomic E-state index is -4.57. The Kier molecular flexibility index (Phi) is 8.38. The lowest BCUT2D eigenvalue weighted by molar-refractivity contribution is -0.137. The van der Waals surface area contributed by atoms with E-state index in [4.69, 9.17) is 9.47 Å². The highest BCUT2D eigenvalue weighted by molar-refractivity contribution is 6.08. The summed E-state index contributed by atoms with van der Waals surface area (Å²) in [6.07, 6.45) is -0.796. The average molecular weight is 540 g/mol. The largest absolute Gasteiger partial charge is 0.495 e. The summed E-state index contributed by atoms with van der Waals surface area (Å²) in [5.74, 6) is 1.10. The fraction of sp³-hybridized carbons (Fsp3) is 0.250. The number of carbonyl (C=O) groups is 1. The summed E-state index contributed by atoms with van der Waals surface area (Å²) >= 11 is 0. The summed E-state index contributed by atoms with van der Waals surface area (Å²) in [4.78, 5) is 21.6. The molecule has 204 valence electrons. The van der Waals surface area contributed by atoms with E-state index in [9.17, 15) is 18.0 Å². The van der Waals surface area contributed by atoms with Crippen molar-refractivity contribution >= 4 is 39.8 Å². The number of alkyl halides is 3.